The molecule has 2 aliphatic heterocycles. The van der Waals surface area contributed by atoms with E-state index in [1.807, 2.05) is 12.1 Å². The Bertz CT molecular complexity index is 751. The fraction of sp³-hybridized carbons (Fsp3) is 0.739. The number of nitrogens with zero attached hydrogens (tertiary/aromatic N) is 3. The van der Waals surface area contributed by atoms with Crippen LogP contribution in [0.2, 0.25) is 0 Å². The molecule has 3 aliphatic rings. The summed E-state index contributed by atoms with van der Waals surface area (Å²) in [7, 11) is -1.25. The second-order valence-corrected chi connectivity index (χ2v) is 11.2. The molecule has 0 N–H and O–H groups in total. The van der Waals surface area contributed by atoms with E-state index >= 15 is 0 Å². The van der Waals surface area contributed by atoms with Gasteiger partial charge in [-0.25, -0.2) is 8.42 Å². The first-order valence-electron chi connectivity index (χ1n) is 11.6. The standard InChI is InChI=1S/C23H37N3O2S/c1-24-15-17-25(18-16-24)22-9-5-6-14-26(19-22)29(27,28)23-12-10-21(11-13-23)20-7-3-2-4-8-20/h10-13,20,22H,2-9,14-19H2,1H3. The summed E-state index contributed by atoms with van der Waals surface area (Å²) in [6.07, 6.45) is 9.60. The Labute approximate surface area is 177 Å². The number of rotatable bonds is 4. The van der Waals surface area contributed by atoms with Gasteiger partial charge >= 0.3 is 0 Å². The Morgan fingerprint density at radius 1 is 0.793 bits per heavy atom. The second kappa shape index (κ2) is 9.46. The van der Waals surface area contributed by atoms with Crippen LogP contribution in [-0.2, 0) is 10.0 Å². The largest absolute Gasteiger partial charge is 0.304 e. The van der Waals surface area contributed by atoms with E-state index in [-0.39, 0.29) is 0 Å². The minimum absolute atomic E-state index is 0.350. The summed E-state index contributed by atoms with van der Waals surface area (Å²) in [5.41, 5.74) is 1.31. The van der Waals surface area contributed by atoms with Crippen molar-refractivity contribution in [2.75, 3.05) is 46.3 Å². The molecular formula is C23H37N3O2S. The molecule has 0 spiro atoms. The van der Waals surface area contributed by atoms with Gasteiger partial charge in [0.25, 0.3) is 0 Å². The van der Waals surface area contributed by atoms with E-state index in [0.29, 0.717) is 29.9 Å². The highest BCUT2D eigenvalue weighted by Gasteiger charge is 2.32. The van der Waals surface area contributed by atoms with Gasteiger partial charge in [-0.2, -0.15) is 4.31 Å². The van der Waals surface area contributed by atoms with Crippen molar-refractivity contribution in [3.05, 3.63) is 29.8 Å². The van der Waals surface area contributed by atoms with Gasteiger partial charge in [0.1, 0.15) is 0 Å². The van der Waals surface area contributed by atoms with E-state index in [0.717, 1.165) is 45.4 Å². The second-order valence-electron chi connectivity index (χ2n) is 9.26. The lowest BCUT2D eigenvalue weighted by Gasteiger charge is -2.38. The Balaban J connectivity index is 1.46. The predicted octanol–water partition coefficient (Wildman–Crippen LogP) is 3.52. The molecule has 5 nitrogen and oxygen atoms in total. The molecule has 0 aromatic heterocycles. The zero-order valence-electron chi connectivity index (χ0n) is 17.9. The minimum Gasteiger partial charge on any atom is -0.304 e. The van der Waals surface area contributed by atoms with Crippen LogP contribution in [0.15, 0.2) is 29.2 Å². The molecular weight excluding hydrogens is 382 g/mol. The first kappa shape index (κ1) is 21.3. The van der Waals surface area contributed by atoms with Crippen LogP contribution in [0.1, 0.15) is 62.8 Å². The summed E-state index contributed by atoms with van der Waals surface area (Å²) in [6, 6.07) is 8.20. The molecule has 162 valence electrons. The first-order chi connectivity index (χ1) is 14.0. The fourth-order valence-electron chi connectivity index (χ4n) is 5.29. The first-order valence-corrected chi connectivity index (χ1v) is 13.0. The Morgan fingerprint density at radius 3 is 2.14 bits per heavy atom. The van der Waals surface area contributed by atoms with Gasteiger partial charge in [0.2, 0.25) is 10.0 Å². The Kier molecular flexibility index (Phi) is 6.94. The highest BCUT2D eigenvalue weighted by atomic mass is 32.2. The van der Waals surface area contributed by atoms with Crippen molar-refractivity contribution < 1.29 is 8.42 Å². The third-order valence-corrected chi connectivity index (χ3v) is 9.14. The topological polar surface area (TPSA) is 43.9 Å². The molecule has 3 fully saturated rings. The quantitative estimate of drug-likeness (QED) is 0.749. The van der Waals surface area contributed by atoms with Gasteiger partial charge in [0.05, 0.1) is 4.90 Å². The van der Waals surface area contributed by atoms with E-state index in [1.54, 1.807) is 4.31 Å². The predicted molar refractivity (Wildman–Crippen MR) is 118 cm³/mol. The van der Waals surface area contributed by atoms with E-state index in [2.05, 4.69) is 29.0 Å². The number of sulfonamides is 1. The third kappa shape index (κ3) is 5.04. The summed E-state index contributed by atoms with van der Waals surface area (Å²) in [5, 5.41) is 0. The maximum Gasteiger partial charge on any atom is 0.243 e. The van der Waals surface area contributed by atoms with Crippen molar-refractivity contribution in [3.8, 4) is 0 Å². The number of hydrogen-bond acceptors (Lipinski definition) is 4. The molecule has 1 aliphatic carbocycles. The summed E-state index contributed by atoms with van der Waals surface area (Å²) in [5.74, 6) is 0.611. The van der Waals surface area contributed by atoms with Crippen LogP contribution in [0.25, 0.3) is 0 Å². The number of hydrogen-bond donors (Lipinski definition) is 0. The zero-order valence-corrected chi connectivity index (χ0v) is 18.7. The van der Waals surface area contributed by atoms with E-state index in [9.17, 15) is 8.42 Å². The summed E-state index contributed by atoms with van der Waals surface area (Å²) < 4.78 is 28.6. The van der Waals surface area contributed by atoms with Crippen molar-refractivity contribution >= 4 is 10.0 Å². The number of likely N-dealkylation sites (N-methyl/N-ethyl adjacent to an activating group) is 1. The molecule has 4 rings (SSSR count). The van der Waals surface area contributed by atoms with Gasteiger partial charge < -0.3 is 4.90 Å². The van der Waals surface area contributed by atoms with E-state index in [1.165, 1.54) is 37.7 Å². The molecule has 2 saturated heterocycles. The van der Waals surface area contributed by atoms with Gasteiger partial charge in [0, 0.05) is 45.3 Å². The van der Waals surface area contributed by atoms with Crippen molar-refractivity contribution in [1.82, 2.24) is 14.1 Å². The molecule has 1 saturated carbocycles. The minimum atomic E-state index is -3.42. The molecule has 0 amide bonds. The third-order valence-electron chi connectivity index (χ3n) is 7.26. The average molecular weight is 420 g/mol. The van der Waals surface area contributed by atoms with Gasteiger partial charge in [0.15, 0.2) is 0 Å². The zero-order chi connectivity index (χ0) is 20.3. The molecule has 1 atom stereocenters. The highest BCUT2D eigenvalue weighted by molar-refractivity contribution is 7.89. The summed E-state index contributed by atoms with van der Waals surface area (Å²) >= 11 is 0. The molecule has 0 radical (unpaired) electrons. The number of benzene rings is 1. The number of piperazine rings is 1. The lowest BCUT2D eigenvalue weighted by molar-refractivity contribution is 0.100. The fourth-order valence-corrected chi connectivity index (χ4v) is 6.80. The highest BCUT2D eigenvalue weighted by Crippen LogP contribution is 2.33. The van der Waals surface area contributed by atoms with Crippen LogP contribution in [0, 0.1) is 0 Å². The normalized spacial score (nSPS) is 27.0. The van der Waals surface area contributed by atoms with Crippen molar-refractivity contribution in [2.24, 2.45) is 0 Å². The van der Waals surface area contributed by atoms with Crippen LogP contribution in [-0.4, -0.2) is 74.9 Å². The van der Waals surface area contributed by atoms with Crippen LogP contribution in [0.4, 0.5) is 0 Å². The maximum atomic E-state index is 13.4. The van der Waals surface area contributed by atoms with Crippen molar-refractivity contribution in [1.29, 1.82) is 0 Å². The lowest BCUT2D eigenvalue weighted by atomic mass is 9.84. The lowest BCUT2D eigenvalue weighted by Crippen LogP contribution is -2.52. The smallest absolute Gasteiger partial charge is 0.243 e. The summed E-state index contributed by atoms with van der Waals surface area (Å²) in [4.78, 5) is 5.34. The van der Waals surface area contributed by atoms with Crippen molar-refractivity contribution in [3.63, 3.8) is 0 Å². The van der Waals surface area contributed by atoms with Gasteiger partial charge in [-0.1, -0.05) is 37.8 Å². The monoisotopic (exact) mass is 419 g/mol. The van der Waals surface area contributed by atoms with Crippen LogP contribution in [0.5, 0.6) is 0 Å². The molecule has 1 aromatic rings. The molecule has 1 aromatic carbocycles. The van der Waals surface area contributed by atoms with Crippen LogP contribution < -0.4 is 0 Å². The van der Waals surface area contributed by atoms with Gasteiger partial charge in [-0.15, -0.1) is 0 Å². The summed E-state index contributed by atoms with van der Waals surface area (Å²) in [6.45, 7) is 5.53. The van der Waals surface area contributed by atoms with Gasteiger partial charge in [-0.3, -0.25) is 4.90 Å². The van der Waals surface area contributed by atoms with E-state index < -0.39 is 10.0 Å². The molecule has 6 heteroatoms. The van der Waals surface area contributed by atoms with Gasteiger partial charge in [-0.05, 0) is 56.3 Å². The molecule has 29 heavy (non-hydrogen) atoms. The SMILES string of the molecule is CN1CCN(C2CCCCN(S(=O)(=O)c3ccc(C4CCCCC4)cc3)C2)CC1. The Hall–Kier alpha value is -0.950. The maximum absolute atomic E-state index is 13.4. The molecule has 0 bridgehead atoms. The molecule has 2 heterocycles. The van der Waals surface area contributed by atoms with Crippen LogP contribution in [0.3, 0.4) is 0 Å². The van der Waals surface area contributed by atoms with Crippen LogP contribution >= 0.6 is 0 Å². The average Bonchev–Trinajstić information content (AvgIpc) is 3.02. The molecule has 1 unspecified atom stereocenters. The van der Waals surface area contributed by atoms with Crippen molar-refractivity contribution in [2.45, 2.75) is 68.2 Å². The Morgan fingerprint density at radius 2 is 1.45 bits per heavy atom. The van der Waals surface area contributed by atoms with E-state index in [4.69, 9.17) is 0 Å².